The molecule has 614 valence electrons. The largest absolute Gasteiger partial charge is 0.481 e. The van der Waals surface area contributed by atoms with E-state index in [-0.39, 0.29) is 69.4 Å². The van der Waals surface area contributed by atoms with E-state index >= 15 is 19.2 Å². The summed E-state index contributed by atoms with van der Waals surface area (Å²) in [7, 11) is 0. The Morgan fingerprint density at radius 2 is 0.991 bits per heavy atom. The van der Waals surface area contributed by atoms with E-state index in [1.165, 1.54) is 12.1 Å². The smallest absolute Gasteiger partial charge is 0.305 e. The molecule has 8 rings (SSSR count). The van der Waals surface area contributed by atoms with Crippen LogP contribution in [0.1, 0.15) is 94.5 Å². The van der Waals surface area contributed by atoms with E-state index in [9.17, 15) is 58.2 Å². The van der Waals surface area contributed by atoms with Crippen LogP contribution in [0.25, 0.3) is 32.6 Å². The standard InChI is InChI=1S/C79H101N19O16S/c1-42(2)65-76(112)95-61(68(81)104)40-115-41-63(101)89-56(32-44-27-28-45-17-8-9-20-47(45)31-44)72(108)90-55(26-16-30-84-79(82)83)71(107)94-60(39-99)69(105)87-38-62(100)88-54(25-14-15-29-80)70(106)92-59(35-64(102)103)73(109)91-57(33-48-36-85-52-23-12-10-21-50(48)52)74(110)97-66(43(3)4)77(113)98-67(46-18-6-5-7-19-46)78(114)93-58(75(111)96-65)34-49-37-86-53-24-13-11-22-51(49)53/h5-13,17-24,27-28,31,36-37,42-43,54-61,65-67,85-86,99H,14-16,25-26,29-30,32-35,38-41,80H2,1-4H3,(H2,81,104)(H,87,105)(H,88,100)(H,89,101)(H,90,108)(H,91,109)(H,92,106)(H,93,114)(H,94,107)(H,95,112)(H,96,111)(H,97,110)(H,98,113)(H,102,103)(H4,82,83,84)/t54-,55-,56-,57-,58-,59-,60-,61-,65-,66-,67-/m0/s1. The Hall–Kier alpha value is -12.4. The molecule has 0 bridgehead atoms. The number of nitrogens with one attached hydrogen (secondary N) is 16. The summed E-state index contributed by atoms with van der Waals surface area (Å²) in [6.45, 7) is 4.56. The second-order valence-electron chi connectivity index (χ2n) is 28.6. The summed E-state index contributed by atoms with van der Waals surface area (Å²) in [5.74, 6) is -17.1. The second kappa shape index (κ2) is 43.0. The predicted molar refractivity (Wildman–Crippen MR) is 429 cm³/mol. The van der Waals surface area contributed by atoms with Crippen LogP contribution >= 0.6 is 11.8 Å². The van der Waals surface area contributed by atoms with Gasteiger partial charge in [-0.1, -0.05) is 137 Å². The van der Waals surface area contributed by atoms with Crippen molar-refractivity contribution in [1.82, 2.24) is 79.1 Å². The van der Waals surface area contributed by atoms with Gasteiger partial charge >= 0.3 is 5.97 Å². The fourth-order valence-electron chi connectivity index (χ4n) is 13.0. The number of unbranched alkanes of at least 4 members (excludes halogenated alkanes) is 1. The van der Waals surface area contributed by atoms with Crippen LogP contribution in [0.4, 0.5) is 0 Å². The number of benzene rings is 5. The summed E-state index contributed by atoms with van der Waals surface area (Å²) in [5, 5.41) is 65.1. The first-order valence-electron chi connectivity index (χ1n) is 37.7. The fourth-order valence-corrected chi connectivity index (χ4v) is 13.9. The molecule has 24 N–H and O–H groups in total. The Morgan fingerprint density at radius 3 is 1.57 bits per heavy atom. The number of hydrogen-bond acceptors (Lipinski definition) is 18. The van der Waals surface area contributed by atoms with Gasteiger partial charge in [-0.2, -0.15) is 0 Å². The maximum absolute atomic E-state index is 15.3. The molecule has 1 aliphatic rings. The van der Waals surface area contributed by atoms with E-state index in [1.54, 1.807) is 131 Å². The molecule has 0 saturated carbocycles. The normalized spacial score (nSPS) is 22.6. The number of fused-ring (bicyclic) bond motifs is 3. The first-order valence-corrected chi connectivity index (χ1v) is 38.9. The zero-order chi connectivity index (χ0) is 83.4. The molecule has 11 atom stereocenters. The molecule has 1 aliphatic heterocycles. The molecule has 2 aromatic heterocycles. The van der Waals surface area contributed by atoms with Gasteiger partial charge in [0.2, 0.25) is 76.8 Å². The number of aliphatic hydroxyl groups excluding tert-OH is 1. The lowest BCUT2D eigenvalue weighted by Crippen LogP contribution is -2.60. The van der Waals surface area contributed by atoms with E-state index in [2.05, 4.69) is 79.1 Å². The van der Waals surface area contributed by atoms with Gasteiger partial charge in [0.15, 0.2) is 5.96 Å². The number of aromatic amines is 2. The highest BCUT2D eigenvalue weighted by molar-refractivity contribution is 8.00. The number of aromatic nitrogens is 2. The van der Waals surface area contributed by atoms with Crippen molar-refractivity contribution in [2.45, 2.75) is 152 Å². The number of H-pyrrole nitrogens is 2. The summed E-state index contributed by atoms with van der Waals surface area (Å²) < 4.78 is 0. The Morgan fingerprint density at radius 1 is 0.504 bits per heavy atom. The van der Waals surface area contributed by atoms with Crippen LogP contribution in [0, 0.1) is 17.2 Å². The van der Waals surface area contributed by atoms with Crippen LogP contribution in [-0.2, 0) is 86.4 Å². The topological polar surface area (TPSA) is 569 Å². The molecule has 0 aliphatic carbocycles. The highest BCUT2D eigenvalue weighted by atomic mass is 32.2. The van der Waals surface area contributed by atoms with Crippen molar-refractivity contribution in [3.63, 3.8) is 0 Å². The van der Waals surface area contributed by atoms with E-state index in [1.807, 2.05) is 18.2 Å². The third-order valence-electron chi connectivity index (χ3n) is 19.2. The van der Waals surface area contributed by atoms with Crippen LogP contribution in [0.15, 0.2) is 134 Å². The average Bonchev–Trinajstić information content (AvgIpc) is 1.78. The highest BCUT2D eigenvalue weighted by Crippen LogP contribution is 2.24. The first-order chi connectivity index (χ1) is 55.0. The Kier molecular flexibility index (Phi) is 32.9. The number of aliphatic carboxylic acids is 1. The molecule has 5 aromatic carbocycles. The van der Waals surface area contributed by atoms with Gasteiger partial charge in [-0.05, 0) is 95.6 Å². The molecule has 36 heteroatoms. The summed E-state index contributed by atoms with van der Waals surface area (Å²) in [6, 6.07) is 17.1. The zero-order valence-corrected chi connectivity index (χ0v) is 64.9. The van der Waals surface area contributed by atoms with Crippen molar-refractivity contribution in [3.8, 4) is 0 Å². The van der Waals surface area contributed by atoms with Gasteiger partial charge in [-0.15, -0.1) is 11.8 Å². The van der Waals surface area contributed by atoms with Crippen molar-refractivity contribution < 1.29 is 77.3 Å². The first kappa shape index (κ1) is 88.1. The predicted octanol–water partition coefficient (Wildman–Crippen LogP) is -0.945. The molecule has 35 nitrogen and oxygen atoms in total. The minimum absolute atomic E-state index is 0.00986. The van der Waals surface area contributed by atoms with Crippen LogP contribution in [0.3, 0.4) is 0 Å². The third-order valence-corrected chi connectivity index (χ3v) is 20.2. The van der Waals surface area contributed by atoms with Gasteiger partial charge in [-0.3, -0.25) is 72.5 Å². The Bertz CT molecular complexity index is 4650. The number of primary amides is 1. The minimum Gasteiger partial charge on any atom is -0.481 e. The second-order valence-corrected chi connectivity index (χ2v) is 29.6. The fraction of sp³-hybridized carbons (Fsp3) is 0.405. The van der Waals surface area contributed by atoms with E-state index in [0.29, 0.717) is 44.9 Å². The van der Waals surface area contributed by atoms with Crippen LogP contribution in [0.2, 0.25) is 0 Å². The monoisotopic (exact) mass is 1600 g/mol. The number of carboxylic acids is 1. The number of guanidine groups is 1. The highest BCUT2D eigenvalue weighted by Gasteiger charge is 2.39. The molecule has 13 amide bonds. The van der Waals surface area contributed by atoms with E-state index in [4.69, 9.17) is 22.6 Å². The molecule has 1 fully saturated rings. The molecule has 1 saturated heterocycles. The molecular formula is C79H101N19O16S. The molecule has 0 spiro atoms. The van der Waals surface area contributed by atoms with Gasteiger partial charge in [0.05, 0.1) is 25.3 Å². The van der Waals surface area contributed by atoms with Crippen molar-refractivity contribution in [2.75, 3.05) is 37.7 Å². The van der Waals surface area contributed by atoms with E-state index in [0.717, 1.165) is 22.5 Å². The maximum Gasteiger partial charge on any atom is 0.305 e. The molecule has 7 aromatic rings. The van der Waals surface area contributed by atoms with Gasteiger partial charge in [0.1, 0.15) is 66.5 Å². The number of para-hydroxylation sites is 2. The number of amides is 13. The van der Waals surface area contributed by atoms with Crippen LogP contribution in [0.5, 0.6) is 0 Å². The lowest BCUT2D eigenvalue weighted by Gasteiger charge is -2.29. The molecule has 3 heterocycles. The van der Waals surface area contributed by atoms with Gasteiger partial charge in [-0.25, -0.2) is 0 Å². The zero-order valence-electron chi connectivity index (χ0n) is 64.1. The molecule has 0 radical (unpaired) electrons. The van der Waals surface area contributed by atoms with Gasteiger partial charge in [0.25, 0.3) is 0 Å². The number of carbonyl (C=O) groups is 14. The lowest BCUT2D eigenvalue weighted by molar-refractivity contribution is -0.141. The minimum atomic E-state index is -1.97. The Labute approximate surface area is 666 Å². The number of carbonyl (C=O) groups excluding carboxylic acids is 13. The van der Waals surface area contributed by atoms with Gasteiger partial charge in [0, 0.05) is 65.8 Å². The van der Waals surface area contributed by atoms with Crippen molar-refractivity contribution in [3.05, 3.63) is 156 Å². The maximum atomic E-state index is 15.3. The molecular weight excluding hydrogens is 1500 g/mol. The average molecular weight is 1600 g/mol. The number of hydrogen-bond donors (Lipinski definition) is 21. The SMILES string of the molecule is CC(C)[C@@H]1NC(=O)[C@H](Cc2c[nH]c3ccccc23)NC(=O)[C@H](c2ccccc2)NC(=O)[C@H](C(C)C)NC(=O)[C@H](Cc2c[nH]c3ccccc23)NC(=O)[C@H](CC(=O)O)NC(=O)[C@H](CCCCN)NC(=O)CNC(=O)[C@H](CO)NC(=O)[C@H](CCCNC(=N)N)NC(=O)[C@H](Cc2ccc3ccccc3c2)NC(=O)CSC[C@@H](C(N)=O)NC1=O. The quantitative estimate of drug-likeness (QED) is 0.0234. The Balaban J connectivity index is 1.16. The number of carboxylic acid groups (broad SMARTS) is 1. The molecule has 115 heavy (non-hydrogen) atoms. The number of rotatable bonds is 21. The lowest BCUT2D eigenvalue weighted by atomic mass is 9.98. The molecule has 0 unspecified atom stereocenters. The number of nitrogens with two attached hydrogens (primary N) is 3. The summed E-state index contributed by atoms with van der Waals surface area (Å²) in [5.41, 5.74) is 20.3. The van der Waals surface area contributed by atoms with Crippen molar-refractivity contribution in [2.24, 2.45) is 29.0 Å². The van der Waals surface area contributed by atoms with Gasteiger partial charge < -0.3 is 107 Å². The van der Waals surface area contributed by atoms with Crippen LogP contribution < -0.4 is 86.3 Å². The van der Waals surface area contributed by atoms with Crippen molar-refractivity contribution in [1.29, 1.82) is 5.41 Å². The summed E-state index contributed by atoms with van der Waals surface area (Å²) in [4.78, 5) is 207. The summed E-state index contributed by atoms with van der Waals surface area (Å²) >= 11 is 0.840. The number of thioether (sulfide) groups is 1. The summed E-state index contributed by atoms with van der Waals surface area (Å²) in [6.07, 6.45) is 1.64. The van der Waals surface area contributed by atoms with Crippen molar-refractivity contribution >= 4 is 133 Å². The third kappa shape index (κ3) is 26.1. The van der Waals surface area contributed by atoms with E-state index < -0.39 is 192 Å². The number of aliphatic hydroxyl groups is 1. The van der Waals surface area contributed by atoms with Crippen LogP contribution in [-0.4, -0.2) is 207 Å².